The van der Waals surface area contributed by atoms with Gasteiger partial charge in [0.15, 0.2) is 0 Å². The first kappa shape index (κ1) is 39.7. The third-order valence-corrected chi connectivity index (χ3v) is 13.7. The van der Waals surface area contributed by atoms with E-state index in [0.29, 0.717) is 5.92 Å². The van der Waals surface area contributed by atoms with Crippen molar-refractivity contribution < 1.29 is 0 Å². The summed E-state index contributed by atoms with van der Waals surface area (Å²) in [6.07, 6.45) is 6.45. The van der Waals surface area contributed by atoms with E-state index in [9.17, 15) is 0 Å². The van der Waals surface area contributed by atoms with Crippen molar-refractivity contribution in [1.29, 1.82) is 0 Å². The average Bonchev–Trinajstić information content (AvgIpc) is 3.68. The fraction of sp³-hybridized carbons (Fsp3) is 0.161. The minimum absolute atomic E-state index is 0.0322. The molecule has 0 radical (unpaired) electrons. The summed E-state index contributed by atoms with van der Waals surface area (Å²) in [7, 11) is 0. The van der Waals surface area contributed by atoms with Crippen molar-refractivity contribution in [2.75, 3.05) is 4.90 Å². The second-order valence-corrected chi connectivity index (χ2v) is 18.7. The summed E-state index contributed by atoms with van der Waals surface area (Å²) in [6.45, 7) is 6.94. The predicted molar refractivity (Wildman–Crippen MR) is 274 cm³/mol. The van der Waals surface area contributed by atoms with Gasteiger partial charge in [-0.1, -0.05) is 192 Å². The summed E-state index contributed by atoms with van der Waals surface area (Å²) in [5, 5.41) is 5.19. The van der Waals surface area contributed by atoms with Gasteiger partial charge < -0.3 is 9.47 Å². The fourth-order valence-electron chi connectivity index (χ4n) is 10.6. The van der Waals surface area contributed by atoms with Crippen LogP contribution in [0.4, 0.5) is 17.1 Å². The van der Waals surface area contributed by atoms with Gasteiger partial charge in [0.05, 0.1) is 28.1 Å². The van der Waals surface area contributed by atoms with Crippen LogP contribution in [-0.4, -0.2) is 4.57 Å². The molecular weight excluding hydrogens is 773 g/mol. The molecular formula is C62H54N2. The van der Waals surface area contributed by atoms with Gasteiger partial charge in [-0.3, -0.25) is 0 Å². The Balaban J connectivity index is 1.19. The number of rotatable bonds is 8. The number of para-hydroxylation sites is 4. The molecule has 1 aliphatic carbocycles. The molecule has 1 saturated carbocycles. The monoisotopic (exact) mass is 826 g/mol. The molecule has 312 valence electrons. The van der Waals surface area contributed by atoms with Crippen LogP contribution < -0.4 is 4.90 Å². The Morgan fingerprint density at radius 1 is 0.438 bits per heavy atom. The van der Waals surface area contributed by atoms with E-state index in [0.717, 1.165) is 22.7 Å². The summed E-state index contributed by atoms with van der Waals surface area (Å²) in [5.41, 5.74) is 17.1. The summed E-state index contributed by atoms with van der Waals surface area (Å²) >= 11 is 0. The standard InChI is InChI=1S/C62H54N2/c1-62(2,3)47-38-40-59(54(42-47)44-23-9-5-10-24-44)64(58-36-18-14-30-51(58)53-33-20-26-45-25-19-32-50(61(45)53)43-21-7-4-8-22-43)56-34-16-13-29-49(56)46-37-39-60-55(41-46)52-31-15-17-35-57(52)63(60)48-27-11-6-12-28-48/h5-6,9-20,23-43H,4,7-8,21-22H2,1-3H3. The lowest BCUT2D eigenvalue weighted by Gasteiger charge is -2.33. The van der Waals surface area contributed by atoms with Crippen LogP contribution in [-0.2, 0) is 5.41 Å². The van der Waals surface area contributed by atoms with Gasteiger partial charge in [0, 0.05) is 33.2 Å². The SMILES string of the molecule is CC(C)(C)c1ccc(N(c2ccccc2-c2ccc3c(c2)c2ccccc2n3-c2ccccc2)c2ccccc2-c2cccc3cccc(C4CCCCC4)c23)c(-c2ccccc2)c1. The van der Waals surface area contributed by atoms with E-state index < -0.39 is 0 Å². The minimum atomic E-state index is -0.0322. The number of fused-ring (bicyclic) bond motifs is 4. The predicted octanol–water partition coefficient (Wildman–Crippen LogP) is 17.8. The Hall–Kier alpha value is -7.16. The molecule has 0 spiro atoms. The van der Waals surface area contributed by atoms with Crippen LogP contribution in [0, 0.1) is 0 Å². The van der Waals surface area contributed by atoms with Crippen LogP contribution in [0.1, 0.15) is 69.9 Å². The van der Waals surface area contributed by atoms with E-state index in [1.807, 2.05) is 0 Å². The lowest BCUT2D eigenvalue weighted by molar-refractivity contribution is 0.445. The van der Waals surface area contributed by atoms with Gasteiger partial charge in [-0.05, 0) is 117 Å². The van der Waals surface area contributed by atoms with Gasteiger partial charge in [0.1, 0.15) is 0 Å². The van der Waals surface area contributed by atoms with E-state index in [2.05, 4.69) is 236 Å². The summed E-state index contributed by atoms with van der Waals surface area (Å²) in [4.78, 5) is 2.57. The molecule has 11 rings (SSSR count). The lowest BCUT2D eigenvalue weighted by Crippen LogP contribution is -2.16. The number of nitrogens with zero attached hydrogens (tertiary/aromatic N) is 2. The Bertz CT molecular complexity index is 3280. The smallest absolute Gasteiger partial charge is 0.0541 e. The Morgan fingerprint density at radius 3 is 1.81 bits per heavy atom. The third kappa shape index (κ3) is 7.08. The van der Waals surface area contributed by atoms with Crippen LogP contribution in [0.15, 0.2) is 206 Å². The zero-order valence-electron chi connectivity index (χ0n) is 37.1. The van der Waals surface area contributed by atoms with E-state index in [4.69, 9.17) is 0 Å². The second-order valence-electron chi connectivity index (χ2n) is 18.7. The van der Waals surface area contributed by atoms with Gasteiger partial charge >= 0.3 is 0 Å². The van der Waals surface area contributed by atoms with Crippen molar-refractivity contribution in [2.45, 2.75) is 64.2 Å². The molecule has 0 unspecified atom stereocenters. The molecule has 2 nitrogen and oxygen atoms in total. The molecule has 64 heavy (non-hydrogen) atoms. The molecule has 10 aromatic rings. The molecule has 0 aliphatic heterocycles. The normalized spacial score (nSPS) is 13.5. The van der Waals surface area contributed by atoms with Crippen LogP contribution in [0.25, 0.3) is 71.6 Å². The summed E-state index contributed by atoms with van der Waals surface area (Å²) in [6, 6.07) is 76.9. The number of anilines is 3. The summed E-state index contributed by atoms with van der Waals surface area (Å²) < 4.78 is 2.40. The molecule has 0 N–H and O–H groups in total. The molecule has 1 aromatic heterocycles. The minimum Gasteiger partial charge on any atom is -0.309 e. The van der Waals surface area contributed by atoms with Gasteiger partial charge in [-0.25, -0.2) is 0 Å². The summed E-state index contributed by atoms with van der Waals surface area (Å²) in [5.74, 6) is 0.569. The zero-order chi connectivity index (χ0) is 43.2. The van der Waals surface area contributed by atoms with Crippen molar-refractivity contribution in [3.8, 4) is 39.1 Å². The topological polar surface area (TPSA) is 8.17 Å². The van der Waals surface area contributed by atoms with E-state index in [1.54, 1.807) is 0 Å². The van der Waals surface area contributed by atoms with E-state index in [1.165, 1.54) is 109 Å². The molecule has 0 atom stereocenters. The molecule has 0 saturated heterocycles. The van der Waals surface area contributed by atoms with Crippen LogP contribution >= 0.6 is 0 Å². The largest absolute Gasteiger partial charge is 0.309 e. The van der Waals surface area contributed by atoms with Crippen LogP contribution in [0.2, 0.25) is 0 Å². The first-order valence-electron chi connectivity index (χ1n) is 23.2. The molecule has 1 heterocycles. The number of hydrogen-bond acceptors (Lipinski definition) is 1. The molecule has 2 heteroatoms. The highest BCUT2D eigenvalue weighted by Crippen LogP contribution is 2.50. The van der Waals surface area contributed by atoms with Crippen LogP contribution in [0.5, 0.6) is 0 Å². The van der Waals surface area contributed by atoms with Gasteiger partial charge in [-0.15, -0.1) is 0 Å². The second kappa shape index (κ2) is 16.5. The Labute approximate surface area is 378 Å². The number of hydrogen-bond donors (Lipinski definition) is 0. The van der Waals surface area contributed by atoms with E-state index in [-0.39, 0.29) is 5.41 Å². The molecule has 1 fully saturated rings. The van der Waals surface area contributed by atoms with Crippen molar-refractivity contribution in [1.82, 2.24) is 4.57 Å². The molecule has 0 bridgehead atoms. The van der Waals surface area contributed by atoms with Gasteiger partial charge in [0.25, 0.3) is 0 Å². The maximum atomic E-state index is 2.57. The quantitative estimate of drug-likeness (QED) is 0.148. The van der Waals surface area contributed by atoms with Crippen molar-refractivity contribution in [3.63, 3.8) is 0 Å². The van der Waals surface area contributed by atoms with Gasteiger partial charge in [0.2, 0.25) is 0 Å². The van der Waals surface area contributed by atoms with E-state index >= 15 is 0 Å². The molecule has 1 aliphatic rings. The maximum absolute atomic E-state index is 2.57. The van der Waals surface area contributed by atoms with Crippen molar-refractivity contribution >= 4 is 49.6 Å². The number of benzene rings is 9. The fourth-order valence-corrected chi connectivity index (χ4v) is 10.6. The first-order valence-corrected chi connectivity index (χ1v) is 23.2. The number of aromatic nitrogens is 1. The average molecular weight is 827 g/mol. The maximum Gasteiger partial charge on any atom is 0.0541 e. The highest BCUT2D eigenvalue weighted by molar-refractivity contribution is 6.11. The molecule has 0 amide bonds. The Kier molecular flexibility index (Phi) is 10.2. The highest BCUT2D eigenvalue weighted by Gasteiger charge is 2.27. The van der Waals surface area contributed by atoms with Crippen molar-refractivity contribution in [3.05, 3.63) is 217 Å². The van der Waals surface area contributed by atoms with Crippen molar-refractivity contribution in [2.24, 2.45) is 0 Å². The lowest BCUT2D eigenvalue weighted by atomic mass is 9.80. The molecule has 9 aromatic carbocycles. The zero-order valence-corrected chi connectivity index (χ0v) is 37.1. The highest BCUT2D eigenvalue weighted by atomic mass is 15.2. The Morgan fingerprint density at radius 2 is 1.05 bits per heavy atom. The third-order valence-electron chi connectivity index (χ3n) is 13.7. The van der Waals surface area contributed by atoms with Gasteiger partial charge in [-0.2, -0.15) is 0 Å². The first-order chi connectivity index (χ1) is 31.4. The van der Waals surface area contributed by atoms with Crippen LogP contribution in [0.3, 0.4) is 0 Å².